The van der Waals surface area contributed by atoms with Gasteiger partial charge < -0.3 is 11.1 Å². The lowest BCUT2D eigenvalue weighted by Crippen LogP contribution is -2.48. The average molecular weight is 234 g/mol. The van der Waals surface area contributed by atoms with Gasteiger partial charge in [0.05, 0.1) is 5.54 Å². The second-order valence-electron chi connectivity index (χ2n) is 4.55. The molecule has 3 nitrogen and oxygen atoms in total. The minimum atomic E-state index is -0.466. The van der Waals surface area contributed by atoms with Crippen molar-refractivity contribution in [1.82, 2.24) is 5.32 Å². The number of carbonyl (C=O) groups excluding carboxylic acids is 1. The van der Waals surface area contributed by atoms with Gasteiger partial charge in [-0.1, -0.05) is 43.7 Å². The zero-order chi connectivity index (χ0) is 12.7. The molecule has 94 valence electrons. The number of rotatable bonds is 6. The smallest absolute Gasteiger partial charge is 0.220 e. The molecule has 3 heteroatoms. The van der Waals surface area contributed by atoms with Gasteiger partial charge in [0, 0.05) is 13.0 Å². The maximum absolute atomic E-state index is 11.8. The van der Waals surface area contributed by atoms with Gasteiger partial charge in [0.15, 0.2) is 0 Å². The van der Waals surface area contributed by atoms with Gasteiger partial charge in [0.25, 0.3) is 0 Å². The lowest BCUT2D eigenvalue weighted by atomic mass is 9.92. The molecule has 0 saturated carbocycles. The SMILES string of the molecule is CCCCC(=O)NC(C)(CN)c1ccccc1. The van der Waals surface area contributed by atoms with Crippen LogP contribution in [0.2, 0.25) is 0 Å². The van der Waals surface area contributed by atoms with E-state index >= 15 is 0 Å². The summed E-state index contributed by atoms with van der Waals surface area (Å²) >= 11 is 0. The molecule has 0 fully saturated rings. The second kappa shape index (κ2) is 6.40. The van der Waals surface area contributed by atoms with Crippen LogP contribution in [0, 0.1) is 0 Å². The third-order valence-corrected chi connectivity index (χ3v) is 2.99. The zero-order valence-electron chi connectivity index (χ0n) is 10.7. The number of nitrogens with two attached hydrogens (primary N) is 1. The summed E-state index contributed by atoms with van der Waals surface area (Å²) in [7, 11) is 0. The van der Waals surface area contributed by atoms with Crippen LogP contribution in [-0.2, 0) is 10.3 Å². The molecule has 0 aliphatic heterocycles. The lowest BCUT2D eigenvalue weighted by molar-refractivity contribution is -0.123. The molecule has 0 aliphatic carbocycles. The van der Waals surface area contributed by atoms with Crippen molar-refractivity contribution in [2.75, 3.05) is 6.54 Å². The second-order valence-corrected chi connectivity index (χ2v) is 4.55. The van der Waals surface area contributed by atoms with Crippen molar-refractivity contribution < 1.29 is 4.79 Å². The van der Waals surface area contributed by atoms with Crippen LogP contribution in [0.25, 0.3) is 0 Å². The van der Waals surface area contributed by atoms with Gasteiger partial charge in [-0.05, 0) is 18.9 Å². The van der Waals surface area contributed by atoms with Crippen molar-refractivity contribution >= 4 is 5.91 Å². The van der Waals surface area contributed by atoms with Gasteiger partial charge in [0.1, 0.15) is 0 Å². The van der Waals surface area contributed by atoms with Crippen LogP contribution >= 0.6 is 0 Å². The van der Waals surface area contributed by atoms with Crippen molar-refractivity contribution in [2.45, 2.75) is 38.6 Å². The van der Waals surface area contributed by atoms with E-state index in [0.717, 1.165) is 18.4 Å². The van der Waals surface area contributed by atoms with E-state index in [0.29, 0.717) is 13.0 Å². The van der Waals surface area contributed by atoms with Crippen molar-refractivity contribution in [1.29, 1.82) is 0 Å². The summed E-state index contributed by atoms with van der Waals surface area (Å²) < 4.78 is 0. The Balaban J connectivity index is 2.72. The highest BCUT2D eigenvalue weighted by Crippen LogP contribution is 2.19. The van der Waals surface area contributed by atoms with Crippen molar-refractivity contribution in [3.8, 4) is 0 Å². The third kappa shape index (κ3) is 3.86. The Labute approximate surface area is 103 Å². The molecule has 0 radical (unpaired) electrons. The van der Waals surface area contributed by atoms with E-state index in [2.05, 4.69) is 12.2 Å². The van der Waals surface area contributed by atoms with Crippen LogP contribution in [-0.4, -0.2) is 12.5 Å². The molecule has 0 aliphatic rings. The van der Waals surface area contributed by atoms with Gasteiger partial charge >= 0.3 is 0 Å². The fourth-order valence-electron chi connectivity index (χ4n) is 1.75. The van der Waals surface area contributed by atoms with E-state index < -0.39 is 5.54 Å². The molecule has 1 rings (SSSR count). The maximum atomic E-state index is 11.8. The summed E-state index contributed by atoms with van der Waals surface area (Å²) in [6.07, 6.45) is 2.51. The van der Waals surface area contributed by atoms with E-state index in [-0.39, 0.29) is 5.91 Å². The first kappa shape index (κ1) is 13.7. The highest BCUT2D eigenvalue weighted by Gasteiger charge is 2.26. The van der Waals surface area contributed by atoms with Crippen molar-refractivity contribution in [2.24, 2.45) is 5.73 Å². The number of benzene rings is 1. The molecule has 0 saturated heterocycles. The normalized spacial score (nSPS) is 14.1. The number of hydrogen-bond acceptors (Lipinski definition) is 2. The summed E-state index contributed by atoms with van der Waals surface area (Å²) in [6, 6.07) is 9.86. The standard InChI is InChI=1S/C14H22N2O/c1-3-4-10-13(17)16-14(2,11-15)12-8-6-5-7-9-12/h5-9H,3-4,10-11,15H2,1-2H3,(H,16,17). The molecule has 0 heterocycles. The number of nitrogens with one attached hydrogen (secondary N) is 1. The molecule has 1 aromatic carbocycles. The molecule has 0 bridgehead atoms. The van der Waals surface area contributed by atoms with Crippen LogP contribution in [0.1, 0.15) is 38.7 Å². The van der Waals surface area contributed by atoms with Gasteiger partial charge in [-0.15, -0.1) is 0 Å². The first-order valence-corrected chi connectivity index (χ1v) is 6.19. The van der Waals surface area contributed by atoms with Gasteiger partial charge in [-0.3, -0.25) is 4.79 Å². The Hall–Kier alpha value is -1.35. The Morgan fingerprint density at radius 2 is 2.00 bits per heavy atom. The molecular formula is C14H22N2O. The quantitative estimate of drug-likeness (QED) is 0.792. The molecule has 1 amide bonds. The molecule has 17 heavy (non-hydrogen) atoms. The highest BCUT2D eigenvalue weighted by molar-refractivity contribution is 5.77. The highest BCUT2D eigenvalue weighted by atomic mass is 16.1. The Morgan fingerprint density at radius 1 is 1.35 bits per heavy atom. The largest absolute Gasteiger partial charge is 0.346 e. The Morgan fingerprint density at radius 3 is 2.53 bits per heavy atom. The van der Waals surface area contributed by atoms with Crippen molar-refractivity contribution in [3.63, 3.8) is 0 Å². The minimum absolute atomic E-state index is 0.0728. The number of carbonyl (C=O) groups is 1. The fourth-order valence-corrected chi connectivity index (χ4v) is 1.75. The van der Waals surface area contributed by atoms with E-state index in [9.17, 15) is 4.79 Å². The topological polar surface area (TPSA) is 55.1 Å². The van der Waals surface area contributed by atoms with E-state index in [4.69, 9.17) is 5.73 Å². The van der Waals surface area contributed by atoms with Crippen LogP contribution in [0.5, 0.6) is 0 Å². The van der Waals surface area contributed by atoms with Crippen LogP contribution in [0.15, 0.2) is 30.3 Å². The number of amides is 1. The van der Waals surface area contributed by atoms with Crippen LogP contribution in [0.3, 0.4) is 0 Å². The average Bonchev–Trinajstić information content (AvgIpc) is 2.37. The van der Waals surface area contributed by atoms with E-state index in [1.54, 1.807) is 0 Å². The van der Waals surface area contributed by atoms with E-state index in [1.165, 1.54) is 0 Å². The van der Waals surface area contributed by atoms with E-state index in [1.807, 2.05) is 37.3 Å². The monoisotopic (exact) mass is 234 g/mol. The predicted molar refractivity (Wildman–Crippen MR) is 70.5 cm³/mol. The molecule has 0 aromatic heterocycles. The minimum Gasteiger partial charge on any atom is -0.346 e. The van der Waals surface area contributed by atoms with Gasteiger partial charge in [-0.25, -0.2) is 0 Å². The number of unbranched alkanes of at least 4 members (excludes halogenated alkanes) is 1. The summed E-state index contributed by atoms with van der Waals surface area (Å²) in [5, 5.41) is 3.03. The molecular weight excluding hydrogens is 212 g/mol. The molecule has 1 aromatic rings. The van der Waals surface area contributed by atoms with Crippen molar-refractivity contribution in [3.05, 3.63) is 35.9 Å². The van der Waals surface area contributed by atoms with Crippen LogP contribution < -0.4 is 11.1 Å². The van der Waals surface area contributed by atoms with Crippen LogP contribution in [0.4, 0.5) is 0 Å². The first-order chi connectivity index (χ1) is 8.12. The molecule has 0 spiro atoms. The lowest BCUT2D eigenvalue weighted by Gasteiger charge is -2.30. The fraction of sp³-hybridized carbons (Fsp3) is 0.500. The maximum Gasteiger partial charge on any atom is 0.220 e. The first-order valence-electron chi connectivity index (χ1n) is 6.19. The zero-order valence-corrected chi connectivity index (χ0v) is 10.7. The number of hydrogen-bond donors (Lipinski definition) is 2. The Bertz CT molecular complexity index is 350. The third-order valence-electron chi connectivity index (χ3n) is 2.99. The molecule has 3 N–H and O–H groups in total. The summed E-state index contributed by atoms with van der Waals surface area (Å²) in [6.45, 7) is 4.44. The predicted octanol–water partition coefficient (Wildman–Crippen LogP) is 2.17. The molecule has 1 unspecified atom stereocenters. The summed E-state index contributed by atoms with van der Waals surface area (Å²) in [4.78, 5) is 11.8. The molecule has 1 atom stereocenters. The van der Waals surface area contributed by atoms with Gasteiger partial charge in [-0.2, -0.15) is 0 Å². The Kier molecular flexibility index (Phi) is 5.16. The van der Waals surface area contributed by atoms with Gasteiger partial charge in [0.2, 0.25) is 5.91 Å². The summed E-state index contributed by atoms with van der Waals surface area (Å²) in [5.74, 6) is 0.0728. The summed E-state index contributed by atoms with van der Waals surface area (Å²) in [5.41, 5.74) is 6.38.